The maximum absolute atomic E-state index is 4.91. The highest BCUT2D eigenvalue weighted by molar-refractivity contribution is 7.24. The lowest BCUT2D eigenvalue weighted by Crippen LogP contribution is -2.00. The van der Waals surface area contributed by atoms with E-state index in [0.717, 1.165) is 22.3 Å². The fourth-order valence-corrected chi connectivity index (χ4v) is 7.49. The molecule has 9 aromatic rings. The van der Waals surface area contributed by atoms with Gasteiger partial charge in [-0.1, -0.05) is 133 Å². The molecule has 0 unspecified atom stereocenters. The number of benzene rings is 6. The van der Waals surface area contributed by atoms with Crippen molar-refractivity contribution in [2.24, 2.45) is 0 Å². The van der Waals surface area contributed by atoms with Gasteiger partial charge in [0.1, 0.15) is 4.83 Å². The van der Waals surface area contributed by atoms with Gasteiger partial charge in [0.15, 0.2) is 17.5 Å². The molecule has 0 aliphatic rings. The van der Waals surface area contributed by atoms with E-state index >= 15 is 0 Å². The first-order chi connectivity index (χ1) is 22.8. The van der Waals surface area contributed by atoms with Crippen LogP contribution in [0.4, 0.5) is 0 Å². The molecule has 46 heavy (non-hydrogen) atoms. The van der Waals surface area contributed by atoms with Crippen LogP contribution in [0, 0.1) is 0 Å². The minimum atomic E-state index is 0.653. The third-order valence-electron chi connectivity index (χ3n) is 8.47. The van der Waals surface area contributed by atoms with Crippen LogP contribution < -0.4 is 0 Å². The Hall–Kier alpha value is -5.91. The highest BCUT2D eigenvalue weighted by Crippen LogP contribution is 2.43. The quantitative estimate of drug-likeness (QED) is 0.196. The van der Waals surface area contributed by atoms with Crippen molar-refractivity contribution in [3.05, 3.63) is 158 Å². The first-order valence-electron chi connectivity index (χ1n) is 15.3. The number of fused-ring (bicyclic) bond motifs is 5. The maximum atomic E-state index is 4.91. The minimum Gasteiger partial charge on any atom is -0.299 e. The molecule has 0 spiro atoms. The largest absolute Gasteiger partial charge is 0.299 e. The Balaban J connectivity index is 1.16. The molecule has 3 aromatic heterocycles. The van der Waals surface area contributed by atoms with E-state index in [0.29, 0.717) is 17.5 Å². The van der Waals surface area contributed by atoms with E-state index in [1.807, 2.05) is 72.0 Å². The predicted octanol–water partition coefficient (Wildman–Crippen LogP) is 10.8. The fraction of sp³-hybridized carbons (Fsp3) is 0. The van der Waals surface area contributed by atoms with E-state index in [2.05, 4.69) is 101 Å². The summed E-state index contributed by atoms with van der Waals surface area (Å²) < 4.78 is 3.71. The van der Waals surface area contributed by atoms with Crippen LogP contribution in [0.25, 0.3) is 82.4 Å². The summed E-state index contributed by atoms with van der Waals surface area (Å²) in [6.45, 7) is 0. The number of nitrogens with zero attached hydrogens (tertiary/aromatic N) is 4. The molecule has 6 aromatic carbocycles. The molecule has 0 aliphatic heterocycles. The summed E-state index contributed by atoms with van der Waals surface area (Å²) in [7, 11) is 0. The molecule has 0 aliphatic carbocycles. The number of hydrogen-bond donors (Lipinski definition) is 0. The molecule has 216 valence electrons. The van der Waals surface area contributed by atoms with Crippen molar-refractivity contribution in [2.75, 3.05) is 0 Å². The summed E-state index contributed by atoms with van der Waals surface area (Å²) in [5.41, 5.74) is 10.2. The Morgan fingerprint density at radius 1 is 0.391 bits per heavy atom. The third-order valence-corrected chi connectivity index (χ3v) is 9.62. The van der Waals surface area contributed by atoms with Crippen LogP contribution in [-0.4, -0.2) is 19.4 Å². The summed E-state index contributed by atoms with van der Waals surface area (Å²) in [6.07, 6.45) is 0. The topological polar surface area (TPSA) is 43.1 Å². The molecular formula is C41H26N4S. The summed E-state index contributed by atoms with van der Waals surface area (Å²) in [5.74, 6) is 1.97. The molecule has 0 saturated carbocycles. The second kappa shape index (κ2) is 10.9. The van der Waals surface area contributed by atoms with Gasteiger partial charge >= 0.3 is 0 Å². The second-order valence-corrected chi connectivity index (χ2v) is 12.3. The number of rotatable bonds is 5. The first-order valence-corrected chi connectivity index (χ1v) is 16.1. The van der Waals surface area contributed by atoms with Crippen molar-refractivity contribution in [1.82, 2.24) is 19.4 Å². The molecule has 9 rings (SSSR count). The number of thiazole rings is 1. The van der Waals surface area contributed by atoms with E-state index < -0.39 is 0 Å². The number of hydrogen-bond acceptors (Lipinski definition) is 4. The Kier molecular flexibility index (Phi) is 6.28. The lowest BCUT2D eigenvalue weighted by Gasteiger charge is -2.09. The standard InChI is InChI=1S/C41H26N4S/c1-4-12-28(13-5-1)37-33-26-32(24-25-34(33)45-35-18-10-11-19-36(35)46-41(37)45)27-20-22-31(23-21-27)40-43-38(29-14-6-2-7-15-29)42-39(44-40)30-16-8-3-9-17-30/h1-26H. The summed E-state index contributed by atoms with van der Waals surface area (Å²) in [6, 6.07) is 55.0. The van der Waals surface area contributed by atoms with Crippen LogP contribution in [0.1, 0.15) is 0 Å². The summed E-state index contributed by atoms with van der Waals surface area (Å²) >= 11 is 1.85. The van der Waals surface area contributed by atoms with Gasteiger partial charge in [0.2, 0.25) is 0 Å². The molecule has 4 nitrogen and oxygen atoms in total. The van der Waals surface area contributed by atoms with Gasteiger partial charge in [0, 0.05) is 27.6 Å². The monoisotopic (exact) mass is 606 g/mol. The van der Waals surface area contributed by atoms with Crippen molar-refractivity contribution in [3.63, 3.8) is 0 Å². The smallest absolute Gasteiger partial charge is 0.164 e. The van der Waals surface area contributed by atoms with Crippen LogP contribution in [0.15, 0.2) is 158 Å². The first kappa shape index (κ1) is 26.5. The third kappa shape index (κ3) is 4.48. The van der Waals surface area contributed by atoms with Gasteiger partial charge in [0.05, 0.1) is 15.7 Å². The van der Waals surface area contributed by atoms with E-state index in [4.69, 9.17) is 15.0 Å². The lowest BCUT2D eigenvalue weighted by molar-refractivity contribution is 1.07. The summed E-state index contributed by atoms with van der Waals surface area (Å²) in [5, 5.41) is 1.25. The molecule has 0 fully saturated rings. The minimum absolute atomic E-state index is 0.653. The number of aromatic nitrogens is 4. The number of para-hydroxylation sites is 1. The van der Waals surface area contributed by atoms with E-state index in [9.17, 15) is 0 Å². The zero-order chi connectivity index (χ0) is 30.5. The average Bonchev–Trinajstić information content (AvgIpc) is 3.67. The fourth-order valence-electron chi connectivity index (χ4n) is 6.25. The van der Waals surface area contributed by atoms with Crippen molar-refractivity contribution in [3.8, 4) is 56.4 Å². The molecule has 0 saturated heterocycles. The molecular weight excluding hydrogens is 581 g/mol. The van der Waals surface area contributed by atoms with Crippen LogP contribution in [0.2, 0.25) is 0 Å². The van der Waals surface area contributed by atoms with Crippen molar-refractivity contribution in [2.45, 2.75) is 0 Å². The van der Waals surface area contributed by atoms with Crippen LogP contribution >= 0.6 is 11.3 Å². The zero-order valence-corrected chi connectivity index (χ0v) is 25.5. The van der Waals surface area contributed by atoms with E-state index in [-0.39, 0.29) is 0 Å². The van der Waals surface area contributed by atoms with Gasteiger partial charge in [-0.15, -0.1) is 11.3 Å². The van der Waals surface area contributed by atoms with Gasteiger partial charge in [-0.2, -0.15) is 0 Å². The zero-order valence-electron chi connectivity index (χ0n) is 24.7. The SMILES string of the molecule is c1ccc(-c2nc(-c3ccccc3)nc(-c3ccc(-c4ccc5c(c4)c(-c4ccccc4)c4sc6ccccc6n45)cc3)n2)cc1. The average molecular weight is 607 g/mol. The Labute approximate surface area is 269 Å². The molecule has 0 atom stereocenters. The molecule has 3 heterocycles. The predicted molar refractivity (Wildman–Crippen MR) is 191 cm³/mol. The molecule has 0 bridgehead atoms. The molecule has 5 heteroatoms. The van der Waals surface area contributed by atoms with Gasteiger partial charge < -0.3 is 0 Å². The molecule has 0 N–H and O–H groups in total. The van der Waals surface area contributed by atoms with Gasteiger partial charge in [0.25, 0.3) is 0 Å². The Morgan fingerprint density at radius 3 is 1.48 bits per heavy atom. The van der Waals surface area contributed by atoms with Gasteiger partial charge in [-0.25, -0.2) is 15.0 Å². The summed E-state index contributed by atoms with van der Waals surface area (Å²) in [4.78, 5) is 15.9. The highest BCUT2D eigenvalue weighted by Gasteiger charge is 2.19. The van der Waals surface area contributed by atoms with Crippen LogP contribution in [0.5, 0.6) is 0 Å². The Bertz CT molecular complexity index is 2440. The van der Waals surface area contributed by atoms with Crippen molar-refractivity contribution >= 4 is 37.3 Å². The Morgan fingerprint density at radius 2 is 0.870 bits per heavy atom. The highest BCUT2D eigenvalue weighted by atomic mass is 32.1. The van der Waals surface area contributed by atoms with Crippen molar-refractivity contribution in [1.29, 1.82) is 0 Å². The van der Waals surface area contributed by atoms with Crippen LogP contribution in [-0.2, 0) is 0 Å². The molecule has 0 radical (unpaired) electrons. The lowest BCUT2D eigenvalue weighted by atomic mass is 9.99. The normalized spacial score (nSPS) is 11.5. The van der Waals surface area contributed by atoms with Crippen LogP contribution in [0.3, 0.4) is 0 Å². The van der Waals surface area contributed by atoms with E-state index in [1.165, 1.54) is 42.6 Å². The molecule has 0 amide bonds. The second-order valence-electron chi connectivity index (χ2n) is 11.3. The maximum Gasteiger partial charge on any atom is 0.164 e. The van der Waals surface area contributed by atoms with E-state index in [1.54, 1.807) is 0 Å². The van der Waals surface area contributed by atoms with Gasteiger partial charge in [-0.3, -0.25) is 4.40 Å². The van der Waals surface area contributed by atoms with Gasteiger partial charge in [-0.05, 0) is 41.0 Å². The van der Waals surface area contributed by atoms with Crippen molar-refractivity contribution < 1.29 is 0 Å².